The molecule has 1 aliphatic carbocycles. The van der Waals surface area contributed by atoms with Crippen LogP contribution in [-0.2, 0) is 11.2 Å². The molecule has 2 unspecified atom stereocenters. The van der Waals surface area contributed by atoms with Crippen molar-refractivity contribution in [2.24, 2.45) is 5.73 Å². The van der Waals surface area contributed by atoms with Crippen molar-refractivity contribution in [2.45, 2.75) is 44.2 Å². The van der Waals surface area contributed by atoms with E-state index in [4.69, 9.17) is 11.5 Å². The van der Waals surface area contributed by atoms with Gasteiger partial charge in [0.25, 0.3) is 0 Å². The zero-order chi connectivity index (χ0) is 13.4. The molecule has 19 heavy (non-hydrogen) atoms. The van der Waals surface area contributed by atoms with Gasteiger partial charge in [-0.15, -0.1) is 0 Å². The Bertz CT molecular complexity index is 500. The van der Waals surface area contributed by atoms with Gasteiger partial charge in [-0.3, -0.25) is 9.69 Å². The topological polar surface area (TPSA) is 72.4 Å². The van der Waals surface area contributed by atoms with Crippen molar-refractivity contribution in [1.82, 2.24) is 4.90 Å². The second-order valence-electron chi connectivity index (χ2n) is 5.66. The highest BCUT2D eigenvalue weighted by atomic mass is 16.1. The highest BCUT2D eigenvalue weighted by Crippen LogP contribution is 2.39. The molecule has 2 aliphatic rings. The van der Waals surface area contributed by atoms with E-state index >= 15 is 0 Å². The number of anilines is 1. The first-order valence-corrected chi connectivity index (χ1v) is 7.10. The lowest BCUT2D eigenvalue weighted by Crippen LogP contribution is -2.48. The van der Waals surface area contributed by atoms with E-state index in [-0.39, 0.29) is 11.9 Å². The third kappa shape index (κ3) is 2.21. The summed E-state index contributed by atoms with van der Waals surface area (Å²) in [6.45, 7) is 0.974. The molecule has 1 saturated heterocycles. The van der Waals surface area contributed by atoms with Crippen LogP contribution in [0.4, 0.5) is 5.69 Å². The van der Waals surface area contributed by atoms with Crippen molar-refractivity contribution in [3.63, 3.8) is 0 Å². The highest BCUT2D eigenvalue weighted by molar-refractivity contribution is 5.80. The van der Waals surface area contributed by atoms with Crippen molar-refractivity contribution in [3.8, 4) is 0 Å². The summed E-state index contributed by atoms with van der Waals surface area (Å²) < 4.78 is 0. The first kappa shape index (κ1) is 12.5. The number of benzene rings is 1. The lowest BCUT2D eigenvalue weighted by atomic mass is 9.96. The monoisotopic (exact) mass is 259 g/mol. The number of carbonyl (C=O) groups excluding carboxylic acids is 1. The molecule has 3 rings (SSSR count). The van der Waals surface area contributed by atoms with Gasteiger partial charge in [-0.05, 0) is 55.5 Å². The van der Waals surface area contributed by atoms with Gasteiger partial charge in [0.05, 0.1) is 6.04 Å². The number of hydrogen-bond donors (Lipinski definition) is 2. The molecule has 4 nitrogen and oxygen atoms in total. The van der Waals surface area contributed by atoms with Gasteiger partial charge in [-0.1, -0.05) is 12.5 Å². The number of nitrogens with two attached hydrogens (primary N) is 2. The van der Waals surface area contributed by atoms with Crippen LogP contribution in [0.15, 0.2) is 18.2 Å². The minimum atomic E-state index is -0.177. The van der Waals surface area contributed by atoms with Crippen molar-refractivity contribution < 1.29 is 4.79 Å². The number of aryl methyl sites for hydroxylation is 1. The van der Waals surface area contributed by atoms with E-state index in [1.807, 2.05) is 6.07 Å². The molecular formula is C15H21N3O. The van der Waals surface area contributed by atoms with Gasteiger partial charge < -0.3 is 11.5 Å². The Kier molecular flexibility index (Phi) is 3.19. The van der Waals surface area contributed by atoms with E-state index in [1.54, 1.807) is 0 Å². The summed E-state index contributed by atoms with van der Waals surface area (Å²) in [5, 5.41) is 0. The summed E-state index contributed by atoms with van der Waals surface area (Å²) in [5.74, 6) is -0.177. The molecule has 1 aromatic rings. The van der Waals surface area contributed by atoms with Gasteiger partial charge in [-0.2, -0.15) is 0 Å². The molecule has 0 saturated carbocycles. The molecule has 4 heteroatoms. The van der Waals surface area contributed by atoms with E-state index in [0.717, 1.165) is 44.3 Å². The second kappa shape index (κ2) is 4.85. The Morgan fingerprint density at radius 2 is 2.11 bits per heavy atom. The van der Waals surface area contributed by atoms with E-state index < -0.39 is 0 Å². The van der Waals surface area contributed by atoms with E-state index in [0.29, 0.717) is 6.04 Å². The average molecular weight is 259 g/mol. The summed E-state index contributed by atoms with van der Waals surface area (Å²) in [6.07, 6.45) is 5.28. The van der Waals surface area contributed by atoms with Crippen LogP contribution in [0.1, 0.15) is 42.9 Å². The largest absolute Gasteiger partial charge is 0.399 e. The Hall–Kier alpha value is -1.55. The number of fused-ring (bicyclic) bond motifs is 1. The number of amides is 1. The fraction of sp³-hybridized carbons (Fsp3) is 0.533. The maximum atomic E-state index is 11.6. The van der Waals surface area contributed by atoms with Crippen LogP contribution in [0, 0.1) is 0 Å². The molecule has 102 valence electrons. The summed E-state index contributed by atoms with van der Waals surface area (Å²) in [6, 6.07) is 6.39. The summed E-state index contributed by atoms with van der Waals surface area (Å²) in [7, 11) is 0. The lowest BCUT2D eigenvalue weighted by Gasteiger charge is -2.38. The molecule has 2 atom stereocenters. The number of carbonyl (C=O) groups is 1. The quantitative estimate of drug-likeness (QED) is 0.792. The van der Waals surface area contributed by atoms with Crippen LogP contribution in [-0.4, -0.2) is 23.4 Å². The van der Waals surface area contributed by atoms with Gasteiger partial charge >= 0.3 is 0 Å². The molecule has 1 aliphatic heterocycles. The van der Waals surface area contributed by atoms with Crippen LogP contribution in [0.2, 0.25) is 0 Å². The van der Waals surface area contributed by atoms with Gasteiger partial charge in [0.2, 0.25) is 5.91 Å². The van der Waals surface area contributed by atoms with Crippen LogP contribution in [0.5, 0.6) is 0 Å². The number of nitrogen functional groups attached to an aromatic ring is 1. The van der Waals surface area contributed by atoms with E-state index in [2.05, 4.69) is 17.0 Å². The maximum absolute atomic E-state index is 11.6. The minimum absolute atomic E-state index is 0.0951. The third-order valence-corrected chi connectivity index (χ3v) is 4.49. The second-order valence-corrected chi connectivity index (χ2v) is 5.66. The lowest BCUT2D eigenvalue weighted by molar-refractivity contribution is -0.125. The predicted octanol–water partition coefficient (Wildman–Crippen LogP) is 1.60. The summed E-state index contributed by atoms with van der Waals surface area (Å²) in [5.41, 5.74) is 14.9. The summed E-state index contributed by atoms with van der Waals surface area (Å²) in [4.78, 5) is 14.0. The standard InChI is InChI=1S/C15H21N3O/c16-11-5-6-12-10(9-11)4-7-13(12)18-8-2-1-3-14(18)15(17)19/h5-6,9,13-14H,1-4,7-8,16H2,(H2,17,19). The van der Waals surface area contributed by atoms with Crippen molar-refractivity contribution in [3.05, 3.63) is 29.3 Å². The van der Waals surface area contributed by atoms with Crippen LogP contribution in [0.3, 0.4) is 0 Å². The number of nitrogens with zero attached hydrogens (tertiary/aromatic N) is 1. The molecule has 4 N–H and O–H groups in total. The number of rotatable bonds is 2. The molecule has 0 radical (unpaired) electrons. The minimum Gasteiger partial charge on any atom is -0.399 e. The molecule has 0 spiro atoms. The molecule has 1 aromatic carbocycles. The fourth-order valence-corrected chi connectivity index (χ4v) is 3.59. The normalized spacial score (nSPS) is 27.2. The first-order valence-electron chi connectivity index (χ1n) is 7.10. The van der Waals surface area contributed by atoms with Gasteiger partial charge in [0.1, 0.15) is 0 Å². The molecule has 1 heterocycles. The maximum Gasteiger partial charge on any atom is 0.234 e. The molecule has 0 bridgehead atoms. The zero-order valence-electron chi connectivity index (χ0n) is 11.1. The number of piperidine rings is 1. The average Bonchev–Trinajstić information content (AvgIpc) is 2.81. The van der Waals surface area contributed by atoms with Gasteiger partial charge in [-0.25, -0.2) is 0 Å². The van der Waals surface area contributed by atoms with Crippen molar-refractivity contribution in [1.29, 1.82) is 0 Å². The van der Waals surface area contributed by atoms with Gasteiger partial charge in [0.15, 0.2) is 0 Å². The third-order valence-electron chi connectivity index (χ3n) is 4.49. The molecule has 1 amide bonds. The van der Waals surface area contributed by atoms with Crippen LogP contribution in [0.25, 0.3) is 0 Å². The summed E-state index contributed by atoms with van der Waals surface area (Å²) >= 11 is 0. The predicted molar refractivity (Wildman–Crippen MR) is 75.5 cm³/mol. The van der Waals surface area contributed by atoms with Gasteiger partial charge in [0, 0.05) is 11.7 Å². The zero-order valence-corrected chi connectivity index (χ0v) is 11.1. The van der Waals surface area contributed by atoms with E-state index in [9.17, 15) is 4.79 Å². The first-order chi connectivity index (χ1) is 9.16. The Balaban J connectivity index is 1.89. The highest BCUT2D eigenvalue weighted by Gasteiger charge is 2.36. The Morgan fingerprint density at radius 1 is 1.26 bits per heavy atom. The molecule has 0 aromatic heterocycles. The van der Waals surface area contributed by atoms with Crippen LogP contribution < -0.4 is 11.5 Å². The fourth-order valence-electron chi connectivity index (χ4n) is 3.59. The smallest absolute Gasteiger partial charge is 0.234 e. The van der Waals surface area contributed by atoms with Crippen molar-refractivity contribution >= 4 is 11.6 Å². The van der Waals surface area contributed by atoms with Crippen LogP contribution >= 0.6 is 0 Å². The van der Waals surface area contributed by atoms with Crippen molar-refractivity contribution in [2.75, 3.05) is 12.3 Å². The molecule has 1 fully saturated rings. The number of hydrogen-bond acceptors (Lipinski definition) is 3. The number of primary amides is 1. The number of likely N-dealkylation sites (tertiary alicyclic amines) is 1. The van der Waals surface area contributed by atoms with E-state index in [1.165, 1.54) is 11.1 Å². The Morgan fingerprint density at radius 3 is 2.89 bits per heavy atom. The SMILES string of the molecule is NC(=O)C1CCCCN1C1CCc2cc(N)ccc21. The molecular weight excluding hydrogens is 238 g/mol. The Labute approximate surface area is 113 Å².